The van der Waals surface area contributed by atoms with E-state index in [9.17, 15) is 19.1 Å². The Balaban J connectivity index is 2.13. The summed E-state index contributed by atoms with van der Waals surface area (Å²) in [5.41, 5.74) is 1.45. The summed E-state index contributed by atoms with van der Waals surface area (Å²) in [5.74, 6) is -1.99. The second kappa shape index (κ2) is 8.03. The number of amides is 1. The van der Waals surface area contributed by atoms with Crippen LogP contribution in [0.1, 0.15) is 24.0 Å². The highest BCUT2D eigenvalue weighted by Gasteiger charge is 2.15. The average Bonchev–Trinajstić information content (AvgIpc) is 2.53. The number of aromatic nitrogens is 1. The van der Waals surface area contributed by atoms with Gasteiger partial charge in [-0.25, -0.2) is 4.39 Å². The van der Waals surface area contributed by atoms with Gasteiger partial charge in [0.15, 0.2) is 0 Å². The molecule has 0 fully saturated rings. The molecule has 1 aromatic carbocycles. The van der Waals surface area contributed by atoms with Crippen LogP contribution < -0.4 is 5.11 Å². The molecule has 0 aliphatic rings. The highest BCUT2D eigenvalue weighted by molar-refractivity contribution is 5.80. The van der Waals surface area contributed by atoms with Gasteiger partial charge in [-0.3, -0.25) is 9.78 Å². The van der Waals surface area contributed by atoms with Crippen LogP contribution in [0.25, 0.3) is 0 Å². The Kier molecular flexibility index (Phi) is 5.80. The third-order valence-corrected chi connectivity index (χ3v) is 3.25. The Bertz CT molecular complexity index is 677. The number of carboxylic acid groups (broad SMARTS) is 1. The van der Waals surface area contributed by atoms with Crippen molar-refractivity contribution in [2.45, 2.75) is 25.9 Å². The SMILES string of the molecule is O=C([O-])CCC(=O)N(Cc1cccnc1)Cc1cccc(F)c1. The first-order valence-electron chi connectivity index (χ1n) is 7.15. The van der Waals surface area contributed by atoms with Gasteiger partial charge in [0.2, 0.25) is 5.91 Å². The van der Waals surface area contributed by atoms with Crippen molar-refractivity contribution < 1.29 is 19.1 Å². The monoisotopic (exact) mass is 315 g/mol. The molecule has 0 N–H and O–H groups in total. The zero-order valence-corrected chi connectivity index (χ0v) is 12.4. The Morgan fingerprint density at radius 3 is 2.48 bits per heavy atom. The Hall–Kier alpha value is -2.76. The largest absolute Gasteiger partial charge is 0.550 e. The van der Waals surface area contributed by atoms with Gasteiger partial charge in [0, 0.05) is 37.9 Å². The molecule has 1 heterocycles. The summed E-state index contributed by atoms with van der Waals surface area (Å²) in [6, 6.07) is 9.53. The van der Waals surface area contributed by atoms with Crippen LogP contribution in [0.4, 0.5) is 4.39 Å². The van der Waals surface area contributed by atoms with Crippen molar-refractivity contribution in [2.75, 3.05) is 0 Å². The maximum Gasteiger partial charge on any atom is 0.223 e. The molecule has 1 amide bonds. The lowest BCUT2D eigenvalue weighted by atomic mass is 10.1. The molecular formula is C17H16FN2O3-. The minimum Gasteiger partial charge on any atom is -0.550 e. The molecule has 0 spiro atoms. The molecule has 0 aliphatic heterocycles. The summed E-state index contributed by atoms with van der Waals surface area (Å²) in [6.07, 6.45) is 2.76. The van der Waals surface area contributed by atoms with Crippen molar-refractivity contribution in [3.8, 4) is 0 Å². The maximum atomic E-state index is 13.3. The van der Waals surface area contributed by atoms with Gasteiger partial charge in [-0.1, -0.05) is 18.2 Å². The van der Waals surface area contributed by atoms with E-state index in [0.29, 0.717) is 5.56 Å². The van der Waals surface area contributed by atoms with Crippen LogP contribution in [0.15, 0.2) is 48.8 Å². The van der Waals surface area contributed by atoms with Crippen LogP contribution in [0.5, 0.6) is 0 Å². The molecule has 23 heavy (non-hydrogen) atoms. The fourth-order valence-electron chi connectivity index (χ4n) is 2.17. The number of halogens is 1. The topological polar surface area (TPSA) is 73.3 Å². The van der Waals surface area contributed by atoms with Crippen molar-refractivity contribution in [3.63, 3.8) is 0 Å². The fraction of sp³-hybridized carbons (Fsp3) is 0.235. The van der Waals surface area contributed by atoms with Crippen molar-refractivity contribution in [1.82, 2.24) is 9.88 Å². The minimum atomic E-state index is -1.27. The van der Waals surface area contributed by atoms with Crippen molar-refractivity contribution in [1.29, 1.82) is 0 Å². The number of rotatable bonds is 7. The minimum absolute atomic E-state index is 0.155. The maximum absolute atomic E-state index is 13.3. The standard InChI is InChI=1S/C17H17FN2O3/c18-15-5-1-3-13(9-15)11-20(16(21)6-7-17(22)23)12-14-4-2-8-19-10-14/h1-5,8-10H,6-7,11-12H2,(H,22,23)/p-1. The van der Waals surface area contributed by atoms with Crippen LogP contribution in [-0.4, -0.2) is 21.8 Å². The predicted octanol–water partition coefficient (Wildman–Crippen LogP) is 1.28. The number of hydrogen-bond donors (Lipinski definition) is 0. The quantitative estimate of drug-likeness (QED) is 0.771. The molecule has 0 atom stereocenters. The zero-order valence-electron chi connectivity index (χ0n) is 12.4. The third-order valence-electron chi connectivity index (χ3n) is 3.25. The Labute approximate surface area is 133 Å². The van der Waals surface area contributed by atoms with E-state index in [1.165, 1.54) is 17.0 Å². The van der Waals surface area contributed by atoms with Gasteiger partial charge in [-0.05, 0) is 35.7 Å². The number of benzene rings is 1. The summed E-state index contributed by atoms with van der Waals surface area (Å²) in [4.78, 5) is 28.3. The van der Waals surface area contributed by atoms with E-state index in [4.69, 9.17) is 0 Å². The van der Waals surface area contributed by atoms with Crippen LogP contribution in [0.2, 0.25) is 0 Å². The van der Waals surface area contributed by atoms with Crippen LogP contribution in [-0.2, 0) is 22.7 Å². The molecule has 6 heteroatoms. The first-order chi connectivity index (χ1) is 11.0. The molecule has 0 radical (unpaired) electrons. The van der Waals surface area contributed by atoms with Crippen molar-refractivity contribution >= 4 is 11.9 Å². The summed E-state index contributed by atoms with van der Waals surface area (Å²) in [5, 5.41) is 10.5. The lowest BCUT2D eigenvalue weighted by Crippen LogP contribution is -2.32. The molecule has 0 bridgehead atoms. The third kappa shape index (κ3) is 5.50. The van der Waals surface area contributed by atoms with Gasteiger partial charge in [0.25, 0.3) is 0 Å². The highest BCUT2D eigenvalue weighted by Crippen LogP contribution is 2.13. The van der Waals surface area contributed by atoms with Gasteiger partial charge in [0.05, 0.1) is 0 Å². The van der Waals surface area contributed by atoms with E-state index in [0.717, 1.165) is 5.56 Å². The zero-order chi connectivity index (χ0) is 16.7. The number of pyridine rings is 1. The first-order valence-corrected chi connectivity index (χ1v) is 7.15. The molecule has 5 nitrogen and oxygen atoms in total. The molecule has 0 saturated heterocycles. The van der Waals surface area contributed by atoms with Crippen LogP contribution in [0, 0.1) is 5.82 Å². The van der Waals surface area contributed by atoms with Gasteiger partial charge in [-0.15, -0.1) is 0 Å². The number of aliphatic carboxylic acids is 1. The molecule has 1 aromatic heterocycles. The van der Waals surface area contributed by atoms with Gasteiger partial charge in [0.1, 0.15) is 5.82 Å². The van der Waals surface area contributed by atoms with E-state index < -0.39 is 5.97 Å². The molecular weight excluding hydrogens is 299 g/mol. The van der Waals surface area contributed by atoms with Crippen LogP contribution >= 0.6 is 0 Å². The van der Waals surface area contributed by atoms with E-state index in [1.54, 1.807) is 30.6 Å². The average molecular weight is 315 g/mol. The highest BCUT2D eigenvalue weighted by atomic mass is 19.1. The summed E-state index contributed by atoms with van der Waals surface area (Å²) in [7, 11) is 0. The molecule has 0 aliphatic carbocycles. The van der Waals surface area contributed by atoms with Crippen LogP contribution in [0.3, 0.4) is 0 Å². The van der Waals surface area contributed by atoms with Gasteiger partial charge in [-0.2, -0.15) is 0 Å². The summed E-state index contributed by atoms with van der Waals surface area (Å²) < 4.78 is 13.3. The van der Waals surface area contributed by atoms with E-state index in [-0.39, 0.29) is 37.7 Å². The second-order valence-corrected chi connectivity index (χ2v) is 5.11. The number of carbonyl (C=O) groups excluding carboxylic acids is 2. The summed E-state index contributed by atoms with van der Waals surface area (Å²) in [6.45, 7) is 0.467. The smallest absolute Gasteiger partial charge is 0.223 e. The number of carbonyl (C=O) groups is 2. The fourth-order valence-corrected chi connectivity index (χ4v) is 2.17. The normalized spacial score (nSPS) is 10.3. The van der Waals surface area contributed by atoms with Gasteiger partial charge < -0.3 is 14.8 Å². The Morgan fingerprint density at radius 2 is 1.83 bits per heavy atom. The number of carboxylic acids is 1. The molecule has 120 valence electrons. The summed E-state index contributed by atoms with van der Waals surface area (Å²) >= 11 is 0. The molecule has 2 aromatic rings. The van der Waals surface area contributed by atoms with E-state index in [1.807, 2.05) is 6.07 Å². The lowest BCUT2D eigenvalue weighted by Gasteiger charge is -2.23. The molecule has 0 saturated carbocycles. The predicted molar refractivity (Wildman–Crippen MR) is 79.1 cm³/mol. The number of hydrogen-bond acceptors (Lipinski definition) is 4. The lowest BCUT2D eigenvalue weighted by molar-refractivity contribution is -0.305. The number of nitrogens with zero attached hydrogens (tertiary/aromatic N) is 2. The molecule has 2 rings (SSSR count). The van der Waals surface area contributed by atoms with E-state index in [2.05, 4.69) is 4.98 Å². The van der Waals surface area contributed by atoms with E-state index >= 15 is 0 Å². The van der Waals surface area contributed by atoms with Gasteiger partial charge >= 0.3 is 0 Å². The molecule has 0 unspecified atom stereocenters. The Morgan fingerprint density at radius 1 is 1.09 bits per heavy atom. The first kappa shape index (κ1) is 16.6. The van der Waals surface area contributed by atoms with Crippen molar-refractivity contribution in [3.05, 3.63) is 65.7 Å². The second-order valence-electron chi connectivity index (χ2n) is 5.11. The van der Waals surface area contributed by atoms with Crippen molar-refractivity contribution in [2.24, 2.45) is 0 Å².